The van der Waals surface area contributed by atoms with E-state index in [-0.39, 0.29) is 18.4 Å². The van der Waals surface area contributed by atoms with Crippen molar-refractivity contribution in [3.63, 3.8) is 0 Å². The van der Waals surface area contributed by atoms with Gasteiger partial charge in [0.1, 0.15) is 6.10 Å². The van der Waals surface area contributed by atoms with Crippen molar-refractivity contribution in [1.82, 2.24) is 4.90 Å². The number of hydrogen-bond acceptors (Lipinski definition) is 6. The Kier molecular flexibility index (Phi) is 54.0. The Labute approximate surface area is 449 Å². The summed E-state index contributed by atoms with van der Waals surface area (Å²) in [4.78, 5) is 15.5. The highest BCUT2D eigenvalue weighted by Crippen LogP contribution is 2.21. The fourth-order valence-electron chi connectivity index (χ4n) is 10.0. The van der Waals surface area contributed by atoms with E-state index in [0.29, 0.717) is 25.7 Å². The Morgan fingerprint density at radius 2 is 0.736 bits per heavy atom. The first-order valence-electron chi connectivity index (χ1n) is 32.0. The molecule has 2 unspecified atom stereocenters. The van der Waals surface area contributed by atoms with Crippen LogP contribution in [0, 0.1) is 0 Å². The molecule has 0 aromatic heterocycles. The molecule has 1 fully saturated rings. The summed E-state index contributed by atoms with van der Waals surface area (Å²) < 4.78 is 25.1. The molecule has 6 heteroatoms. The van der Waals surface area contributed by atoms with Crippen LogP contribution in [0.15, 0.2) is 48.6 Å². The first-order chi connectivity index (χ1) is 35.6. The van der Waals surface area contributed by atoms with Gasteiger partial charge in [-0.2, -0.15) is 0 Å². The number of allylic oxidation sites excluding steroid dienone is 5. The van der Waals surface area contributed by atoms with Crippen molar-refractivity contribution in [2.45, 2.75) is 329 Å². The second-order valence-electron chi connectivity index (χ2n) is 21.8. The minimum atomic E-state index is -0.127. The molecule has 2 atom stereocenters. The zero-order chi connectivity index (χ0) is 51.7. The van der Waals surface area contributed by atoms with Gasteiger partial charge in [-0.25, -0.2) is 0 Å². The van der Waals surface area contributed by atoms with Gasteiger partial charge in [-0.05, 0) is 148 Å². The summed E-state index contributed by atoms with van der Waals surface area (Å²) in [5.41, 5.74) is 0. The van der Waals surface area contributed by atoms with Gasteiger partial charge in [0.2, 0.25) is 0 Å². The van der Waals surface area contributed by atoms with Gasteiger partial charge in [-0.3, -0.25) is 4.79 Å². The molecular weight excluding hydrogens is 887 g/mol. The number of nitrogens with zero attached hydrogens (tertiary/aromatic N) is 1. The summed E-state index contributed by atoms with van der Waals surface area (Å²) >= 11 is 0. The van der Waals surface area contributed by atoms with E-state index >= 15 is 0 Å². The SMILES string of the molecule is CCCCCC/C=C\CCC(CCCCCCCCCC(CCCCCCCCCC(OC/C=C\CCCCCC)OC/C=C\CCCCCC)OC(=O)CCCN1CCCC1)OC/C=C\CCCCCC. The van der Waals surface area contributed by atoms with Crippen LogP contribution in [0.1, 0.15) is 310 Å². The number of hydrogen-bond donors (Lipinski definition) is 0. The monoisotopic (exact) mass is 1010 g/mol. The maximum absolute atomic E-state index is 13.0. The van der Waals surface area contributed by atoms with E-state index in [1.54, 1.807) is 0 Å². The summed E-state index contributed by atoms with van der Waals surface area (Å²) in [6.45, 7) is 14.6. The Hall–Kier alpha value is -1.73. The number of unbranched alkanes of at least 4 members (excludes halogenated alkanes) is 28. The molecule has 1 saturated heterocycles. The Balaban J connectivity index is 2.44. The number of rotatable bonds is 57. The zero-order valence-corrected chi connectivity index (χ0v) is 48.7. The summed E-state index contributed by atoms with van der Waals surface area (Å²) in [5.74, 6) is 0.0291. The Morgan fingerprint density at radius 3 is 1.18 bits per heavy atom. The van der Waals surface area contributed by atoms with Gasteiger partial charge in [-0.15, -0.1) is 0 Å². The number of carbonyl (C=O) groups excluding carboxylic acids is 1. The first-order valence-corrected chi connectivity index (χ1v) is 32.0. The predicted molar refractivity (Wildman–Crippen MR) is 314 cm³/mol. The van der Waals surface area contributed by atoms with Gasteiger partial charge in [0, 0.05) is 6.42 Å². The second-order valence-corrected chi connectivity index (χ2v) is 21.8. The van der Waals surface area contributed by atoms with Crippen molar-refractivity contribution in [2.75, 3.05) is 39.5 Å². The number of likely N-dealkylation sites (tertiary alicyclic amines) is 1. The van der Waals surface area contributed by atoms with Crippen molar-refractivity contribution in [3.05, 3.63) is 48.6 Å². The molecule has 0 N–H and O–H groups in total. The standard InChI is InChI=1S/C66H123NO5/c1-5-9-13-17-21-24-32-40-51-63(69-60-47-37-29-18-14-10-6-2)52-41-33-25-22-26-34-42-53-64(72-65(68)55-50-59-67-57-45-46-58-67)54-43-35-27-23-28-36-44-56-66(70-61-48-38-30-19-15-11-7-3)71-62-49-39-31-20-16-12-8-4/h24,32,37-39,47-49,63-64,66H,5-23,25-31,33-36,40-46,50-62H2,1-4H3/b32-24-,47-37-,48-38-,49-39-. The molecule has 422 valence electrons. The fraction of sp³-hybridized carbons (Fsp3) is 0.864. The van der Waals surface area contributed by atoms with Gasteiger partial charge >= 0.3 is 5.97 Å². The smallest absolute Gasteiger partial charge is 0.306 e. The lowest BCUT2D eigenvalue weighted by molar-refractivity contribution is -0.150. The van der Waals surface area contributed by atoms with Crippen LogP contribution >= 0.6 is 0 Å². The molecule has 0 aromatic carbocycles. The molecule has 0 spiro atoms. The summed E-state index contributed by atoms with van der Waals surface area (Å²) in [6.07, 6.45) is 72.5. The van der Waals surface area contributed by atoms with Crippen molar-refractivity contribution in [2.24, 2.45) is 0 Å². The first kappa shape index (κ1) is 68.3. The molecule has 1 aliphatic heterocycles. The average Bonchev–Trinajstić information content (AvgIpc) is 3.91. The highest BCUT2D eigenvalue weighted by Gasteiger charge is 2.17. The third-order valence-electron chi connectivity index (χ3n) is 14.8. The second kappa shape index (κ2) is 57.0. The lowest BCUT2D eigenvalue weighted by Crippen LogP contribution is -2.23. The molecule has 1 aliphatic rings. The number of carbonyl (C=O) groups is 1. The van der Waals surface area contributed by atoms with E-state index in [1.165, 1.54) is 225 Å². The maximum Gasteiger partial charge on any atom is 0.306 e. The third kappa shape index (κ3) is 49.2. The molecule has 0 bridgehead atoms. The minimum Gasteiger partial charge on any atom is -0.462 e. The van der Waals surface area contributed by atoms with Crippen molar-refractivity contribution < 1.29 is 23.7 Å². The van der Waals surface area contributed by atoms with E-state index in [9.17, 15) is 4.79 Å². The van der Waals surface area contributed by atoms with E-state index in [1.807, 2.05) is 0 Å². The maximum atomic E-state index is 13.0. The normalized spacial score (nSPS) is 14.5. The molecule has 0 radical (unpaired) electrons. The summed E-state index contributed by atoms with van der Waals surface area (Å²) in [6, 6.07) is 0. The van der Waals surface area contributed by atoms with Gasteiger partial charge in [-0.1, -0.05) is 224 Å². The fourth-order valence-corrected chi connectivity index (χ4v) is 10.0. The van der Waals surface area contributed by atoms with Gasteiger partial charge in [0.25, 0.3) is 0 Å². The Bertz CT molecular complexity index is 1080. The molecule has 1 rings (SSSR count). The minimum absolute atomic E-state index is 0.0291. The van der Waals surface area contributed by atoms with Gasteiger partial charge in [0.15, 0.2) is 6.29 Å². The van der Waals surface area contributed by atoms with E-state index in [2.05, 4.69) is 81.2 Å². The van der Waals surface area contributed by atoms with E-state index in [0.717, 1.165) is 77.4 Å². The molecule has 72 heavy (non-hydrogen) atoms. The molecule has 1 heterocycles. The van der Waals surface area contributed by atoms with Crippen LogP contribution in [0.25, 0.3) is 0 Å². The molecular formula is C66H123NO5. The van der Waals surface area contributed by atoms with E-state index < -0.39 is 0 Å². The summed E-state index contributed by atoms with van der Waals surface area (Å²) in [5, 5.41) is 0. The topological polar surface area (TPSA) is 57.2 Å². The quantitative estimate of drug-likeness (QED) is 0.0262. The van der Waals surface area contributed by atoms with Crippen LogP contribution in [0.2, 0.25) is 0 Å². The van der Waals surface area contributed by atoms with Crippen LogP contribution < -0.4 is 0 Å². The zero-order valence-electron chi connectivity index (χ0n) is 48.7. The number of ether oxygens (including phenoxy) is 4. The molecule has 0 saturated carbocycles. The highest BCUT2D eigenvalue weighted by atomic mass is 16.7. The molecule has 6 nitrogen and oxygen atoms in total. The van der Waals surface area contributed by atoms with Crippen LogP contribution in [-0.4, -0.2) is 68.8 Å². The largest absolute Gasteiger partial charge is 0.462 e. The lowest BCUT2D eigenvalue weighted by atomic mass is 10.0. The highest BCUT2D eigenvalue weighted by molar-refractivity contribution is 5.69. The van der Waals surface area contributed by atoms with Crippen LogP contribution in [-0.2, 0) is 23.7 Å². The van der Waals surface area contributed by atoms with Crippen LogP contribution in [0.4, 0.5) is 0 Å². The molecule has 0 aliphatic carbocycles. The van der Waals surface area contributed by atoms with E-state index in [4.69, 9.17) is 18.9 Å². The van der Waals surface area contributed by atoms with Gasteiger partial charge in [0.05, 0.1) is 25.9 Å². The molecule has 0 amide bonds. The number of esters is 1. The molecule has 0 aromatic rings. The van der Waals surface area contributed by atoms with Crippen LogP contribution in [0.5, 0.6) is 0 Å². The van der Waals surface area contributed by atoms with Gasteiger partial charge < -0.3 is 23.8 Å². The Morgan fingerprint density at radius 1 is 0.375 bits per heavy atom. The lowest BCUT2D eigenvalue weighted by Gasteiger charge is -2.19. The van der Waals surface area contributed by atoms with Crippen molar-refractivity contribution >= 4 is 5.97 Å². The third-order valence-corrected chi connectivity index (χ3v) is 14.8. The van der Waals surface area contributed by atoms with Crippen LogP contribution in [0.3, 0.4) is 0 Å². The average molecular weight is 1010 g/mol. The van der Waals surface area contributed by atoms with Crippen molar-refractivity contribution in [3.8, 4) is 0 Å². The summed E-state index contributed by atoms with van der Waals surface area (Å²) in [7, 11) is 0. The van der Waals surface area contributed by atoms with Crippen molar-refractivity contribution in [1.29, 1.82) is 0 Å². The predicted octanol–water partition coefficient (Wildman–Crippen LogP) is 20.4.